The fourth-order valence-corrected chi connectivity index (χ4v) is 4.37. The van der Waals surface area contributed by atoms with Crippen LogP contribution in [0.1, 0.15) is 73.1 Å². The summed E-state index contributed by atoms with van der Waals surface area (Å²) >= 11 is 0. The maximum absolute atomic E-state index is 12.9. The van der Waals surface area contributed by atoms with Gasteiger partial charge < -0.3 is 29.2 Å². The Bertz CT molecular complexity index is 645. The minimum atomic E-state index is -1.32. The molecular weight excluding hydrogens is 392 g/mol. The van der Waals surface area contributed by atoms with Gasteiger partial charge in [0.1, 0.15) is 23.8 Å². The summed E-state index contributed by atoms with van der Waals surface area (Å²) in [6, 6.07) is 0. The summed E-state index contributed by atoms with van der Waals surface area (Å²) < 4.78 is 16.8. The van der Waals surface area contributed by atoms with Gasteiger partial charge in [0.2, 0.25) is 0 Å². The van der Waals surface area contributed by atoms with Crippen molar-refractivity contribution in [3.05, 3.63) is 0 Å². The van der Waals surface area contributed by atoms with Crippen molar-refractivity contribution < 1.29 is 38.8 Å². The van der Waals surface area contributed by atoms with E-state index in [0.29, 0.717) is 32.1 Å². The van der Waals surface area contributed by atoms with Crippen molar-refractivity contribution in [2.45, 2.75) is 103 Å². The van der Waals surface area contributed by atoms with E-state index in [4.69, 9.17) is 14.2 Å². The van der Waals surface area contributed by atoms with Crippen molar-refractivity contribution in [3.8, 4) is 0 Å². The van der Waals surface area contributed by atoms with Crippen molar-refractivity contribution >= 4 is 17.5 Å². The number of hydrogen-bond donors (Lipinski definition) is 2. The number of aliphatic hydroxyl groups excluding tert-OH is 2. The highest BCUT2D eigenvalue weighted by Crippen LogP contribution is 2.44. The summed E-state index contributed by atoms with van der Waals surface area (Å²) in [5, 5.41) is 20.1. The summed E-state index contributed by atoms with van der Waals surface area (Å²) in [5.41, 5.74) is -1.20. The monoisotopic (exact) mass is 428 g/mol. The number of ether oxygens (including phenoxy) is 3. The molecule has 1 aliphatic heterocycles. The molecule has 1 saturated carbocycles. The molecule has 6 atom stereocenters. The lowest BCUT2D eigenvalue weighted by Crippen LogP contribution is -2.58. The van der Waals surface area contributed by atoms with Crippen molar-refractivity contribution in [2.75, 3.05) is 6.61 Å². The summed E-state index contributed by atoms with van der Waals surface area (Å²) in [5.74, 6) is -0.388. The highest BCUT2D eigenvalue weighted by atomic mass is 16.7. The van der Waals surface area contributed by atoms with Crippen LogP contribution in [-0.2, 0) is 28.6 Å². The van der Waals surface area contributed by atoms with Crippen molar-refractivity contribution in [1.82, 2.24) is 0 Å². The number of hydrogen-bond acceptors (Lipinski definition) is 8. The molecule has 0 amide bonds. The first-order chi connectivity index (χ1) is 13.9. The number of ketones is 2. The van der Waals surface area contributed by atoms with Crippen LogP contribution >= 0.6 is 0 Å². The topological polar surface area (TPSA) is 119 Å². The highest BCUT2D eigenvalue weighted by molar-refractivity contribution is 5.85. The largest absolute Gasteiger partial charge is 0.454 e. The Morgan fingerprint density at radius 1 is 1.27 bits per heavy atom. The number of carbonyl (C=O) groups excluding carboxylic acids is 3. The maximum atomic E-state index is 12.9. The van der Waals surface area contributed by atoms with Crippen molar-refractivity contribution in [1.29, 1.82) is 0 Å². The Morgan fingerprint density at radius 3 is 2.50 bits per heavy atom. The first-order valence-electron chi connectivity index (χ1n) is 10.7. The van der Waals surface area contributed by atoms with Crippen LogP contribution in [0.4, 0.5) is 0 Å². The van der Waals surface area contributed by atoms with Gasteiger partial charge in [0, 0.05) is 25.2 Å². The second kappa shape index (κ2) is 9.85. The Hall–Kier alpha value is -1.35. The molecule has 2 fully saturated rings. The molecule has 0 spiro atoms. The van der Waals surface area contributed by atoms with Gasteiger partial charge in [0.15, 0.2) is 12.4 Å². The molecule has 2 N–H and O–H groups in total. The molecule has 1 saturated heterocycles. The van der Waals surface area contributed by atoms with Crippen molar-refractivity contribution in [2.24, 2.45) is 11.3 Å². The summed E-state index contributed by atoms with van der Waals surface area (Å²) in [6.45, 7) is 8.32. The molecular formula is C22H36O8. The molecule has 0 unspecified atom stereocenters. The molecule has 0 aromatic rings. The van der Waals surface area contributed by atoms with E-state index in [1.165, 1.54) is 6.92 Å². The molecule has 1 heterocycles. The number of aliphatic hydroxyl groups is 2. The van der Waals surface area contributed by atoms with E-state index in [1.807, 2.05) is 20.8 Å². The van der Waals surface area contributed by atoms with E-state index < -0.39 is 41.6 Å². The Labute approximate surface area is 178 Å². The molecule has 172 valence electrons. The smallest absolute Gasteiger partial charge is 0.303 e. The lowest BCUT2D eigenvalue weighted by Gasteiger charge is -2.46. The molecule has 2 aliphatic rings. The predicted molar refractivity (Wildman–Crippen MR) is 107 cm³/mol. The molecule has 0 aromatic carbocycles. The molecule has 0 bridgehead atoms. The highest BCUT2D eigenvalue weighted by Gasteiger charge is 2.48. The van der Waals surface area contributed by atoms with E-state index >= 15 is 0 Å². The second-order valence-corrected chi connectivity index (χ2v) is 9.53. The van der Waals surface area contributed by atoms with Gasteiger partial charge in [-0.1, -0.05) is 6.92 Å². The van der Waals surface area contributed by atoms with Crippen LogP contribution in [-0.4, -0.2) is 64.6 Å². The Kier molecular flexibility index (Phi) is 8.18. The lowest BCUT2D eigenvalue weighted by molar-refractivity contribution is -0.307. The van der Waals surface area contributed by atoms with Gasteiger partial charge >= 0.3 is 5.97 Å². The predicted octanol–water partition coefficient (Wildman–Crippen LogP) is 1.93. The third-order valence-corrected chi connectivity index (χ3v) is 6.54. The summed E-state index contributed by atoms with van der Waals surface area (Å²) in [6.07, 6.45) is -0.960. The average Bonchev–Trinajstić information content (AvgIpc) is 2.63. The zero-order valence-electron chi connectivity index (χ0n) is 18.7. The molecule has 30 heavy (non-hydrogen) atoms. The van der Waals surface area contributed by atoms with Gasteiger partial charge in [-0.2, -0.15) is 0 Å². The van der Waals surface area contributed by atoms with E-state index in [1.54, 1.807) is 6.92 Å². The SMILES string of the molecule is CC(=O)CCC[C@]1(C)CC[C@@H](C(C)(C)O[C@@H]2OC[C@@H](O)[C@H](O)[C@H]2OC(C)=O)CC1=O. The van der Waals surface area contributed by atoms with Gasteiger partial charge in [-0.05, 0) is 52.4 Å². The van der Waals surface area contributed by atoms with E-state index in [2.05, 4.69) is 0 Å². The van der Waals surface area contributed by atoms with Crippen LogP contribution < -0.4 is 0 Å². The normalized spacial score (nSPS) is 35.2. The molecule has 2 rings (SSSR count). The van der Waals surface area contributed by atoms with Gasteiger partial charge in [0.25, 0.3) is 0 Å². The Balaban J connectivity index is 2.02. The third kappa shape index (κ3) is 6.09. The average molecular weight is 429 g/mol. The van der Waals surface area contributed by atoms with E-state index in [9.17, 15) is 24.6 Å². The van der Waals surface area contributed by atoms with Crippen LogP contribution in [0.2, 0.25) is 0 Å². The molecule has 8 heteroatoms. The third-order valence-electron chi connectivity index (χ3n) is 6.54. The second-order valence-electron chi connectivity index (χ2n) is 9.53. The molecule has 1 aliphatic carbocycles. The zero-order valence-corrected chi connectivity index (χ0v) is 18.7. The summed E-state index contributed by atoms with van der Waals surface area (Å²) in [7, 11) is 0. The van der Waals surface area contributed by atoms with Crippen LogP contribution in [0.5, 0.6) is 0 Å². The number of rotatable bonds is 8. The maximum Gasteiger partial charge on any atom is 0.303 e. The minimum absolute atomic E-state index is 0.0727. The zero-order chi connectivity index (χ0) is 22.7. The fraction of sp³-hybridized carbons (Fsp3) is 0.864. The fourth-order valence-electron chi connectivity index (χ4n) is 4.37. The minimum Gasteiger partial charge on any atom is -0.454 e. The Morgan fingerprint density at radius 2 is 1.93 bits per heavy atom. The van der Waals surface area contributed by atoms with E-state index in [-0.39, 0.29) is 24.1 Å². The van der Waals surface area contributed by atoms with Crippen LogP contribution in [0, 0.1) is 11.3 Å². The van der Waals surface area contributed by atoms with Gasteiger partial charge in [-0.15, -0.1) is 0 Å². The standard InChI is InChI=1S/C22H36O8/c1-13(23)7-6-9-22(5)10-8-15(11-17(22)26)21(3,4)30-20-19(29-14(2)24)18(27)16(25)12-28-20/h15-16,18-20,25,27H,6-12H2,1-5H3/t15-,16-,18+,19-,20+,22-/m1/s1. The molecule has 0 radical (unpaired) electrons. The van der Waals surface area contributed by atoms with Crippen LogP contribution in [0.15, 0.2) is 0 Å². The molecule has 8 nitrogen and oxygen atoms in total. The van der Waals surface area contributed by atoms with Gasteiger partial charge in [0.05, 0.1) is 12.2 Å². The quantitative estimate of drug-likeness (QED) is 0.563. The van der Waals surface area contributed by atoms with Crippen LogP contribution in [0.25, 0.3) is 0 Å². The number of esters is 1. The lowest BCUT2D eigenvalue weighted by atomic mass is 9.65. The van der Waals surface area contributed by atoms with Gasteiger partial charge in [-0.3, -0.25) is 9.59 Å². The van der Waals surface area contributed by atoms with Gasteiger partial charge in [-0.25, -0.2) is 0 Å². The molecule has 0 aromatic heterocycles. The first-order valence-corrected chi connectivity index (χ1v) is 10.7. The van der Waals surface area contributed by atoms with E-state index in [0.717, 1.165) is 6.42 Å². The summed E-state index contributed by atoms with van der Waals surface area (Å²) in [4.78, 5) is 35.6. The number of Topliss-reactive ketones (excluding diaryl/α,β-unsaturated/α-hetero) is 2. The van der Waals surface area contributed by atoms with Crippen molar-refractivity contribution in [3.63, 3.8) is 0 Å². The number of carbonyl (C=O) groups is 3. The first kappa shape index (κ1) is 24.9. The van der Waals surface area contributed by atoms with Crippen LogP contribution in [0.3, 0.4) is 0 Å².